The van der Waals surface area contributed by atoms with Gasteiger partial charge in [0.05, 0.1) is 12.2 Å². The number of amides is 2. The number of ketones is 1. The monoisotopic (exact) mass is 609 g/mol. The van der Waals surface area contributed by atoms with Gasteiger partial charge in [-0.3, -0.25) is 14.4 Å². The summed E-state index contributed by atoms with van der Waals surface area (Å²) >= 11 is 0. The maximum absolute atomic E-state index is 15.6. The van der Waals surface area contributed by atoms with E-state index in [0.29, 0.717) is 33.3 Å². The average molecular weight is 610 g/mol. The molecule has 11 heteroatoms. The van der Waals surface area contributed by atoms with Gasteiger partial charge in [-0.25, -0.2) is 18.7 Å². The van der Waals surface area contributed by atoms with E-state index in [0.717, 1.165) is 5.56 Å². The number of benzene rings is 3. The summed E-state index contributed by atoms with van der Waals surface area (Å²) in [6.45, 7) is 2.75. The minimum Gasteiger partial charge on any atom is -0.424 e. The molecule has 228 valence electrons. The van der Waals surface area contributed by atoms with Crippen molar-refractivity contribution in [1.82, 2.24) is 19.4 Å². The lowest BCUT2D eigenvalue weighted by Gasteiger charge is -2.24. The Morgan fingerprint density at radius 3 is 2.51 bits per heavy atom. The Kier molecular flexibility index (Phi) is 8.08. The third kappa shape index (κ3) is 6.01. The van der Waals surface area contributed by atoms with Crippen LogP contribution in [0.2, 0.25) is 0 Å². The van der Waals surface area contributed by atoms with Gasteiger partial charge in [-0.15, -0.1) is 0 Å². The molecule has 0 spiro atoms. The quantitative estimate of drug-likeness (QED) is 0.213. The van der Waals surface area contributed by atoms with Crippen LogP contribution in [-0.2, 0) is 16.1 Å². The summed E-state index contributed by atoms with van der Waals surface area (Å²) in [7, 11) is 0. The number of aromatic nitrogens is 3. The van der Waals surface area contributed by atoms with Gasteiger partial charge in [0.15, 0.2) is 11.6 Å². The van der Waals surface area contributed by atoms with E-state index in [4.69, 9.17) is 4.74 Å². The normalized spacial score (nSPS) is 16.1. The van der Waals surface area contributed by atoms with Crippen LogP contribution in [0.5, 0.6) is 11.8 Å². The van der Waals surface area contributed by atoms with Gasteiger partial charge >= 0.3 is 6.01 Å². The number of carbonyl (C=O) groups is 3. The highest BCUT2D eigenvalue weighted by molar-refractivity contribution is 6.07. The van der Waals surface area contributed by atoms with Crippen LogP contribution in [0, 0.1) is 12.7 Å². The van der Waals surface area contributed by atoms with Crippen LogP contribution in [0.25, 0.3) is 22.0 Å². The second-order valence-corrected chi connectivity index (χ2v) is 10.9. The summed E-state index contributed by atoms with van der Waals surface area (Å²) in [5.41, 5.74) is 2.74. The molecule has 0 radical (unpaired) electrons. The zero-order valence-electron chi connectivity index (χ0n) is 24.5. The highest BCUT2D eigenvalue weighted by Crippen LogP contribution is 2.32. The number of carbonyl (C=O) groups excluding carboxylic acids is 3. The molecule has 6 rings (SSSR count). The van der Waals surface area contributed by atoms with Gasteiger partial charge in [0, 0.05) is 47.0 Å². The van der Waals surface area contributed by atoms with Gasteiger partial charge in [-0.2, -0.15) is 0 Å². The first-order chi connectivity index (χ1) is 21.7. The standard InChI is InChI=1S/C34H29F2N5O4/c1-20-7-3-4-8-24(20)25-9-5-10-28(32(25)36)39-33(44)30-15-22(35)17-41(30)31(43)19-40-18-27(21(2)42)26-16-23(11-12-29(26)40)45-34-37-13-6-14-38-34/h3-14,16,18,22,30H,15,17,19H2,1-2H3,(H,39,44)/t22-,30+/m1/s1. The average Bonchev–Trinajstić information content (AvgIpc) is 3.59. The zero-order valence-corrected chi connectivity index (χ0v) is 24.5. The molecule has 1 saturated heterocycles. The van der Waals surface area contributed by atoms with Crippen molar-refractivity contribution < 1.29 is 27.9 Å². The Balaban J connectivity index is 1.23. The highest BCUT2D eigenvalue weighted by Gasteiger charge is 2.40. The molecule has 9 nitrogen and oxygen atoms in total. The smallest absolute Gasteiger partial charge is 0.321 e. The summed E-state index contributed by atoms with van der Waals surface area (Å²) in [5, 5.41) is 3.12. The van der Waals surface area contributed by atoms with Crippen molar-refractivity contribution in [2.45, 2.75) is 39.0 Å². The second-order valence-electron chi connectivity index (χ2n) is 10.9. The van der Waals surface area contributed by atoms with Crippen molar-refractivity contribution in [2.75, 3.05) is 11.9 Å². The topological polar surface area (TPSA) is 106 Å². The van der Waals surface area contributed by atoms with Gasteiger partial charge in [-0.05, 0) is 55.3 Å². The summed E-state index contributed by atoms with van der Waals surface area (Å²) in [6, 6.07) is 17.7. The maximum Gasteiger partial charge on any atom is 0.321 e. The lowest BCUT2D eigenvalue weighted by molar-refractivity contribution is -0.137. The number of ether oxygens (including phenoxy) is 1. The maximum atomic E-state index is 15.6. The Morgan fingerprint density at radius 2 is 1.76 bits per heavy atom. The molecule has 0 unspecified atom stereocenters. The van der Waals surface area contributed by atoms with E-state index in [1.807, 2.05) is 19.1 Å². The molecule has 5 aromatic rings. The van der Waals surface area contributed by atoms with Crippen LogP contribution in [0.3, 0.4) is 0 Å². The van der Waals surface area contributed by atoms with E-state index < -0.39 is 29.8 Å². The number of aryl methyl sites for hydroxylation is 1. The fourth-order valence-electron chi connectivity index (χ4n) is 5.67. The third-order valence-electron chi connectivity index (χ3n) is 7.85. The SMILES string of the molecule is CC(=O)c1cn(CC(=O)N2C[C@H](F)C[C@H]2C(=O)Nc2cccc(-c3ccccc3C)c2F)c2ccc(Oc3ncccn3)cc12. The number of nitrogens with one attached hydrogen (secondary N) is 1. The molecule has 1 fully saturated rings. The highest BCUT2D eigenvalue weighted by atomic mass is 19.1. The van der Waals surface area contributed by atoms with Crippen molar-refractivity contribution in [3.05, 3.63) is 102 Å². The van der Waals surface area contributed by atoms with Crippen molar-refractivity contribution in [3.8, 4) is 22.9 Å². The molecule has 1 aliphatic rings. The van der Waals surface area contributed by atoms with Crippen LogP contribution in [0.4, 0.5) is 14.5 Å². The first kappa shape index (κ1) is 29.6. The Morgan fingerprint density at radius 1 is 1.00 bits per heavy atom. The fourth-order valence-corrected chi connectivity index (χ4v) is 5.67. The Hall–Kier alpha value is -5.45. The number of likely N-dealkylation sites (tertiary alicyclic amines) is 1. The van der Waals surface area contributed by atoms with Crippen molar-refractivity contribution in [3.63, 3.8) is 0 Å². The number of fused-ring (bicyclic) bond motifs is 1. The molecule has 2 aromatic heterocycles. The number of hydrogen-bond donors (Lipinski definition) is 1. The molecular weight excluding hydrogens is 580 g/mol. The van der Waals surface area contributed by atoms with Crippen molar-refractivity contribution >= 4 is 34.2 Å². The summed E-state index contributed by atoms with van der Waals surface area (Å²) in [6.07, 6.45) is 2.98. The molecule has 3 aromatic carbocycles. The predicted molar refractivity (Wildman–Crippen MR) is 164 cm³/mol. The molecule has 3 heterocycles. The van der Waals surface area contributed by atoms with E-state index in [-0.39, 0.29) is 37.0 Å². The predicted octanol–water partition coefficient (Wildman–Crippen LogP) is 6.12. The Bertz CT molecular complexity index is 1930. The third-order valence-corrected chi connectivity index (χ3v) is 7.85. The molecule has 2 atom stereocenters. The van der Waals surface area contributed by atoms with Crippen molar-refractivity contribution in [2.24, 2.45) is 0 Å². The molecule has 0 aliphatic carbocycles. The zero-order chi connectivity index (χ0) is 31.7. The van der Waals surface area contributed by atoms with Gasteiger partial charge in [0.25, 0.3) is 0 Å². The molecule has 0 bridgehead atoms. The van der Waals surface area contributed by atoms with E-state index in [1.165, 1.54) is 30.3 Å². The van der Waals surface area contributed by atoms with Crippen molar-refractivity contribution in [1.29, 1.82) is 0 Å². The molecule has 0 saturated carbocycles. The first-order valence-electron chi connectivity index (χ1n) is 14.4. The lowest BCUT2D eigenvalue weighted by Crippen LogP contribution is -2.44. The van der Waals surface area contributed by atoms with Gasteiger partial charge in [-0.1, -0.05) is 36.4 Å². The number of nitrogens with zero attached hydrogens (tertiary/aromatic N) is 4. The number of Topliss-reactive ketones (excluding diaryl/α,β-unsaturated/α-hetero) is 1. The number of rotatable bonds is 8. The fraction of sp³-hybridized carbons (Fsp3) is 0.206. The van der Waals surface area contributed by atoms with Crippen LogP contribution in [0.1, 0.15) is 29.3 Å². The molecule has 1 aliphatic heterocycles. The summed E-state index contributed by atoms with van der Waals surface area (Å²) in [5.74, 6) is -1.65. The molecule has 45 heavy (non-hydrogen) atoms. The molecule has 2 amide bonds. The van der Waals surface area contributed by atoms with Crippen LogP contribution >= 0.6 is 0 Å². The molecular formula is C34H29F2N5O4. The minimum absolute atomic E-state index is 0.0584. The van der Waals surface area contributed by atoms with E-state index in [1.54, 1.807) is 59.3 Å². The van der Waals surface area contributed by atoms with Crippen LogP contribution < -0.4 is 10.1 Å². The minimum atomic E-state index is -1.43. The number of anilines is 1. The van der Waals surface area contributed by atoms with Crippen LogP contribution in [0.15, 0.2) is 85.3 Å². The lowest BCUT2D eigenvalue weighted by atomic mass is 9.99. The second kappa shape index (κ2) is 12.3. The van der Waals surface area contributed by atoms with Gasteiger partial charge in [0.2, 0.25) is 11.8 Å². The van der Waals surface area contributed by atoms with Crippen LogP contribution in [-0.4, -0.2) is 55.8 Å². The Labute approximate surface area is 257 Å². The van der Waals surface area contributed by atoms with E-state index >= 15 is 4.39 Å². The van der Waals surface area contributed by atoms with Gasteiger partial charge in [0.1, 0.15) is 24.5 Å². The summed E-state index contributed by atoms with van der Waals surface area (Å²) < 4.78 is 37.5. The van der Waals surface area contributed by atoms with E-state index in [2.05, 4.69) is 15.3 Å². The number of halogens is 2. The molecule has 1 N–H and O–H groups in total. The summed E-state index contributed by atoms with van der Waals surface area (Å²) in [4.78, 5) is 48.7. The van der Waals surface area contributed by atoms with E-state index in [9.17, 15) is 18.8 Å². The van der Waals surface area contributed by atoms with Gasteiger partial charge < -0.3 is 19.5 Å². The first-order valence-corrected chi connectivity index (χ1v) is 14.4. The number of alkyl halides is 1. The largest absolute Gasteiger partial charge is 0.424 e. The number of hydrogen-bond acceptors (Lipinski definition) is 6.